The molecule has 0 spiro atoms. The van der Waals surface area contributed by atoms with Gasteiger partial charge in [0.25, 0.3) is 0 Å². The predicted octanol–water partition coefficient (Wildman–Crippen LogP) is 2.28. The number of hydrogen-bond donors (Lipinski definition) is 2. The molecule has 1 unspecified atom stereocenters. The van der Waals surface area contributed by atoms with Crippen LogP contribution in [-0.2, 0) is 9.53 Å². The Labute approximate surface area is 114 Å². The van der Waals surface area contributed by atoms with E-state index in [1.54, 1.807) is 13.2 Å². The minimum atomic E-state index is -0.417. The Balaban J connectivity index is 2.93. The number of ether oxygens (including phenoxy) is 2. The number of nitrogen functional groups attached to an aromatic ring is 1. The number of carbonyl (C=O) groups is 1. The van der Waals surface area contributed by atoms with Crippen LogP contribution in [0.4, 0.5) is 11.4 Å². The first-order valence-electron chi connectivity index (χ1n) is 6.26. The summed E-state index contributed by atoms with van der Waals surface area (Å²) in [5.74, 6) is 0.650. The Bertz CT molecular complexity index is 433. The van der Waals surface area contributed by atoms with E-state index in [1.807, 2.05) is 26.0 Å². The van der Waals surface area contributed by atoms with E-state index in [-0.39, 0.29) is 5.97 Å². The standard InChI is InChI=1S/C14H22N2O3/c1-9(2)8-11(14(17)19-4)16-10-6-5-7-12(18-3)13(10)15/h5-7,9,11,16H,8,15H2,1-4H3. The zero-order valence-corrected chi connectivity index (χ0v) is 11.9. The molecule has 1 rings (SSSR count). The molecule has 5 heteroatoms. The lowest BCUT2D eigenvalue weighted by Crippen LogP contribution is -2.32. The maximum atomic E-state index is 11.8. The minimum absolute atomic E-state index is 0.295. The molecule has 0 saturated heterocycles. The lowest BCUT2D eigenvalue weighted by Gasteiger charge is -2.21. The van der Waals surface area contributed by atoms with Gasteiger partial charge in [0.1, 0.15) is 11.8 Å². The van der Waals surface area contributed by atoms with Crippen LogP contribution in [0, 0.1) is 5.92 Å². The Hall–Kier alpha value is -1.91. The second-order valence-electron chi connectivity index (χ2n) is 4.77. The molecule has 0 saturated carbocycles. The molecular weight excluding hydrogens is 244 g/mol. The van der Waals surface area contributed by atoms with Gasteiger partial charge in [-0.05, 0) is 24.5 Å². The average Bonchev–Trinajstić information content (AvgIpc) is 2.38. The van der Waals surface area contributed by atoms with Crippen molar-refractivity contribution in [3.05, 3.63) is 18.2 Å². The zero-order valence-electron chi connectivity index (χ0n) is 11.9. The average molecular weight is 266 g/mol. The number of methoxy groups -OCH3 is 2. The number of esters is 1. The number of hydrogen-bond acceptors (Lipinski definition) is 5. The lowest BCUT2D eigenvalue weighted by atomic mass is 10.0. The summed E-state index contributed by atoms with van der Waals surface area (Å²) >= 11 is 0. The number of carbonyl (C=O) groups excluding carboxylic acids is 1. The van der Waals surface area contributed by atoms with Gasteiger partial charge in [-0.1, -0.05) is 19.9 Å². The topological polar surface area (TPSA) is 73.6 Å². The van der Waals surface area contributed by atoms with E-state index in [0.29, 0.717) is 29.5 Å². The third-order valence-corrected chi connectivity index (χ3v) is 2.81. The smallest absolute Gasteiger partial charge is 0.328 e. The zero-order chi connectivity index (χ0) is 14.4. The van der Waals surface area contributed by atoms with Crippen molar-refractivity contribution in [2.75, 3.05) is 25.3 Å². The SMILES string of the molecule is COC(=O)C(CC(C)C)Nc1cccc(OC)c1N. The second kappa shape index (κ2) is 6.87. The molecule has 0 aliphatic rings. The van der Waals surface area contributed by atoms with E-state index < -0.39 is 6.04 Å². The molecule has 3 N–H and O–H groups in total. The fourth-order valence-electron chi connectivity index (χ4n) is 1.86. The maximum Gasteiger partial charge on any atom is 0.328 e. The monoisotopic (exact) mass is 266 g/mol. The summed E-state index contributed by atoms with van der Waals surface area (Å²) in [5.41, 5.74) is 7.14. The molecule has 19 heavy (non-hydrogen) atoms. The van der Waals surface area contributed by atoms with Gasteiger partial charge in [-0.15, -0.1) is 0 Å². The number of rotatable bonds is 6. The van der Waals surface area contributed by atoms with Gasteiger partial charge >= 0.3 is 5.97 Å². The van der Waals surface area contributed by atoms with E-state index in [2.05, 4.69) is 5.32 Å². The predicted molar refractivity (Wildman–Crippen MR) is 76.3 cm³/mol. The van der Waals surface area contributed by atoms with E-state index in [0.717, 1.165) is 0 Å². The summed E-state index contributed by atoms with van der Waals surface area (Å²) in [6, 6.07) is 4.99. The molecule has 5 nitrogen and oxygen atoms in total. The molecule has 0 radical (unpaired) electrons. The van der Waals surface area contributed by atoms with Crippen molar-refractivity contribution in [3.63, 3.8) is 0 Å². The molecule has 1 aromatic rings. The summed E-state index contributed by atoms with van der Waals surface area (Å²) < 4.78 is 9.96. The molecule has 1 aromatic carbocycles. The molecule has 0 amide bonds. The van der Waals surface area contributed by atoms with Gasteiger partial charge in [0.2, 0.25) is 0 Å². The number of benzene rings is 1. The molecule has 0 bridgehead atoms. The minimum Gasteiger partial charge on any atom is -0.495 e. The normalized spacial score (nSPS) is 12.1. The molecule has 1 atom stereocenters. The van der Waals surface area contributed by atoms with Gasteiger partial charge in [-0.2, -0.15) is 0 Å². The van der Waals surface area contributed by atoms with Crippen molar-refractivity contribution in [3.8, 4) is 5.75 Å². The Morgan fingerprint density at radius 3 is 2.58 bits per heavy atom. The van der Waals surface area contributed by atoms with Gasteiger partial charge in [0.15, 0.2) is 0 Å². The number of para-hydroxylation sites is 1. The Kier molecular flexibility index (Phi) is 5.48. The molecule has 0 aliphatic carbocycles. The highest BCUT2D eigenvalue weighted by molar-refractivity contribution is 5.82. The summed E-state index contributed by atoms with van der Waals surface area (Å²) in [7, 11) is 2.94. The number of nitrogens with one attached hydrogen (secondary N) is 1. The molecule has 0 heterocycles. The molecular formula is C14H22N2O3. The summed E-state index contributed by atoms with van der Waals surface area (Å²) in [6.07, 6.45) is 0.670. The van der Waals surface area contributed by atoms with Crippen LogP contribution < -0.4 is 15.8 Å². The third-order valence-electron chi connectivity index (χ3n) is 2.81. The van der Waals surface area contributed by atoms with Crippen LogP contribution in [0.5, 0.6) is 5.75 Å². The largest absolute Gasteiger partial charge is 0.495 e. The molecule has 0 fully saturated rings. The number of nitrogens with two attached hydrogens (primary N) is 1. The first-order chi connectivity index (χ1) is 8.99. The first kappa shape index (κ1) is 15.1. The molecule has 0 aromatic heterocycles. The van der Waals surface area contributed by atoms with Crippen LogP contribution in [0.3, 0.4) is 0 Å². The van der Waals surface area contributed by atoms with Gasteiger partial charge in [-0.3, -0.25) is 0 Å². The highest BCUT2D eigenvalue weighted by Gasteiger charge is 2.21. The van der Waals surface area contributed by atoms with Gasteiger partial charge in [-0.25, -0.2) is 4.79 Å². The van der Waals surface area contributed by atoms with Crippen molar-refractivity contribution in [2.45, 2.75) is 26.3 Å². The van der Waals surface area contributed by atoms with E-state index in [1.165, 1.54) is 7.11 Å². The fraction of sp³-hybridized carbons (Fsp3) is 0.500. The fourth-order valence-corrected chi connectivity index (χ4v) is 1.86. The van der Waals surface area contributed by atoms with E-state index in [9.17, 15) is 4.79 Å². The van der Waals surface area contributed by atoms with Crippen molar-refractivity contribution < 1.29 is 14.3 Å². The van der Waals surface area contributed by atoms with Crippen molar-refractivity contribution in [1.29, 1.82) is 0 Å². The molecule has 106 valence electrons. The van der Waals surface area contributed by atoms with Gasteiger partial charge in [0, 0.05) is 0 Å². The Morgan fingerprint density at radius 1 is 1.37 bits per heavy atom. The first-order valence-corrected chi connectivity index (χ1v) is 6.26. The van der Waals surface area contributed by atoms with E-state index >= 15 is 0 Å². The number of anilines is 2. The van der Waals surface area contributed by atoms with Crippen LogP contribution in [0.2, 0.25) is 0 Å². The quantitative estimate of drug-likeness (QED) is 0.610. The highest BCUT2D eigenvalue weighted by atomic mass is 16.5. The summed E-state index contributed by atoms with van der Waals surface area (Å²) in [4.78, 5) is 11.8. The lowest BCUT2D eigenvalue weighted by molar-refractivity contribution is -0.141. The van der Waals surface area contributed by atoms with Crippen LogP contribution in [-0.4, -0.2) is 26.2 Å². The van der Waals surface area contributed by atoms with Crippen molar-refractivity contribution >= 4 is 17.3 Å². The second-order valence-corrected chi connectivity index (χ2v) is 4.77. The van der Waals surface area contributed by atoms with Crippen molar-refractivity contribution in [1.82, 2.24) is 0 Å². The Morgan fingerprint density at radius 2 is 2.05 bits per heavy atom. The van der Waals surface area contributed by atoms with Crippen molar-refractivity contribution in [2.24, 2.45) is 5.92 Å². The molecule has 0 aliphatic heterocycles. The third kappa shape index (κ3) is 4.05. The maximum absolute atomic E-state index is 11.8. The van der Waals surface area contributed by atoms with E-state index in [4.69, 9.17) is 15.2 Å². The van der Waals surface area contributed by atoms with Crippen LogP contribution >= 0.6 is 0 Å². The van der Waals surface area contributed by atoms with Crippen LogP contribution in [0.25, 0.3) is 0 Å². The highest BCUT2D eigenvalue weighted by Crippen LogP contribution is 2.30. The van der Waals surface area contributed by atoms with Crippen LogP contribution in [0.1, 0.15) is 20.3 Å². The summed E-state index contributed by atoms with van der Waals surface area (Å²) in [5, 5.41) is 3.12. The summed E-state index contributed by atoms with van der Waals surface area (Å²) in [6.45, 7) is 4.10. The van der Waals surface area contributed by atoms with Crippen LogP contribution in [0.15, 0.2) is 18.2 Å². The van der Waals surface area contributed by atoms with Gasteiger partial charge < -0.3 is 20.5 Å². The van der Waals surface area contributed by atoms with Gasteiger partial charge in [0.05, 0.1) is 25.6 Å².